The van der Waals surface area contributed by atoms with Crippen LogP contribution in [0.2, 0.25) is 5.02 Å². The Kier molecular flexibility index (Phi) is 4.56. The number of ether oxygens (including phenoxy) is 1. The van der Waals surface area contributed by atoms with Gasteiger partial charge in [0.15, 0.2) is 5.78 Å². The van der Waals surface area contributed by atoms with Gasteiger partial charge in [0.1, 0.15) is 5.75 Å². The molecule has 0 amide bonds. The second kappa shape index (κ2) is 6.17. The molecule has 2 rings (SSSR count). The van der Waals surface area contributed by atoms with Gasteiger partial charge < -0.3 is 4.74 Å². The van der Waals surface area contributed by atoms with Crippen LogP contribution >= 0.6 is 27.5 Å². The maximum Gasteiger partial charge on any atom is 0.194 e. The van der Waals surface area contributed by atoms with Crippen molar-refractivity contribution in [2.24, 2.45) is 0 Å². The normalized spacial score (nSPS) is 10.3. The molecule has 0 N–H and O–H groups in total. The molecular weight excluding hydrogens is 330 g/mol. The predicted octanol–water partition coefficient (Wildman–Crippen LogP) is 4.13. The quantitative estimate of drug-likeness (QED) is 0.786. The van der Waals surface area contributed by atoms with E-state index in [9.17, 15) is 4.79 Å². The van der Waals surface area contributed by atoms with Crippen molar-refractivity contribution < 1.29 is 9.53 Å². The minimum Gasteiger partial charge on any atom is -0.492 e. The van der Waals surface area contributed by atoms with E-state index in [1.807, 2.05) is 6.92 Å². The molecule has 0 fully saturated rings. The van der Waals surface area contributed by atoms with E-state index in [0.29, 0.717) is 28.5 Å². The first-order chi connectivity index (χ1) is 9.11. The van der Waals surface area contributed by atoms with Crippen molar-refractivity contribution in [1.29, 1.82) is 0 Å². The van der Waals surface area contributed by atoms with Crippen molar-refractivity contribution >= 4 is 33.3 Å². The van der Waals surface area contributed by atoms with E-state index in [1.54, 1.807) is 30.5 Å². The molecule has 0 radical (unpaired) electrons. The van der Waals surface area contributed by atoms with Crippen molar-refractivity contribution in [1.82, 2.24) is 4.98 Å². The Balaban J connectivity index is 2.32. The summed E-state index contributed by atoms with van der Waals surface area (Å²) in [5, 5.41) is 0.500. The summed E-state index contributed by atoms with van der Waals surface area (Å²) in [7, 11) is 0. The predicted molar refractivity (Wildman–Crippen MR) is 78.0 cm³/mol. The van der Waals surface area contributed by atoms with Gasteiger partial charge in [0, 0.05) is 21.8 Å². The topological polar surface area (TPSA) is 39.2 Å². The third kappa shape index (κ3) is 3.33. The molecule has 1 heterocycles. The van der Waals surface area contributed by atoms with Crippen LogP contribution in [0.3, 0.4) is 0 Å². The highest BCUT2D eigenvalue weighted by Crippen LogP contribution is 2.24. The van der Waals surface area contributed by atoms with E-state index in [-0.39, 0.29) is 5.78 Å². The lowest BCUT2D eigenvalue weighted by Crippen LogP contribution is -2.03. The van der Waals surface area contributed by atoms with Gasteiger partial charge in [-0.05, 0) is 47.1 Å². The fraction of sp³-hybridized carbons (Fsp3) is 0.143. The second-order valence-corrected chi connectivity index (χ2v) is 5.06. The molecular formula is C14H11BrClNO2. The Morgan fingerprint density at radius 3 is 2.79 bits per heavy atom. The number of hydrogen-bond acceptors (Lipinski definition) is 3. The molecule has 0 spiro atoms. The van der Waals surface area contributed by atoms with Crippen LogP contribution in [-0.2, 0) is 0 Å². The summed E-state index contributed by atoms with van der Waals surface area (Å²) in [5.74, 6) is 0.444. The number of rotatable bonds is 4. The summed E-state index contributed by atoms with van der Waals surface area (Å²) in [4.78, 5) is 16.3. The molecule has 3 nitrogen and oxygen atoms in total. The van der Waals surface area contributed by atoms with Gasteiger partial charge in [-0.25, -0.2) is 0 Å². The zero-order valence-electron chi connectivity index (χ0n) is 10.2. The average molecular weight is 341 g/mol. The minimum absolute atomic E-state index is 0.136. The third-order valence-electron chi connectivity index (χ3n) is 2.47. The average Bonchev–Trinajstić information content (AvgIpc) is 2.42. The summed E-state index contributed by atoms with van der Waals surface area (Å²) < 4.78 is 6.08. The molecule has 0 atom stereocenters. The van der Waals surface area contributed by atoms with E-state index in [1.165, 1.54) is 6.20 Å². The lowest BCUT2D eigenvalue weighted by atomic mass is 10.1. The summed E-state index contributed by atoms with van der Waals surface area (Å²) in [6, 6.07) is 6.76. The Labute approximate surface area is 124 Å². The third-order valence-corrected chi connectivity index (χ3v) is 3.70. The smallest absolute Gasteiger partial charge is 0.194 e. The second-order valence-electron chi connectivity index (χ2n) is 3.80. The van der Waals surface area contributed by atoms with Gasteiger partial charge in [-0.1, -0.05) is 11.6 Å². The van der Waals surface area contributed by atoms with Crippen LogP contribution in [0.1, 0.15) is 22.8 Å². The highest BCUT2D eigenvalue weighted by Gasteiger charge is 2.12. The molecule has 0 saturated carbocycles. The summed E-state index contributed by atoms with van der Waals surface area (Å²) in [6.07, 6.45) is 3.09. The molecule has 1 aromatic heterocycles. The van der Waals surface area contributed by atoms with Gasteiger partial charge in [0.25, 0.3) is 0 Å². The number of hydrogen-bond donors (Lipinski definition) is 0. The number of carbonyl (C=O) groups excluding carboxylic acids is 1. The van der Waals surface area contributed by atoms with E-state index in [0.717, 1.165) is 4.47 Å². The summed E-state index contributed by atoms with van der Waals surface area (Å²) >= 11 is 9.28. The lowest BCUT2D eigenvalue weighted by Gasteiger charge is -2.05. The molecule has 2 aromatic rings. The zero-order valence-corrected chi connectivity index (χ0v) is 12.5. The van der Waals surface area contributed by atoms with E-state index in [2.05, 4.69) is 20.9 Å². The fourth-order valence-corrected chi connectivity index (χ4v) is 2.02. The number of carbonyl (C=O) groups is 1. The zero-order chi connectivity index (χ0) is 13.8. The number of nitrogens with zero attached hydrogens (tertiary/aromatic N) is 1. The Morgan fingerprint density at radius 1 is 1.32 bits per heavy atom. The van der Waals surface area contributed by atoms with Crippen LogP contribution < -0.4 is 4.74 Å². The maximum absolute atomic E-state index is 12.3. The minimum atomic E-state index is -0.136. The molecule has 19 heavy (non-hydrogen) atoms. The Hall–Kier alpha value is -1.39. The van der Waals surface area contributed by atoms with Gasteiger partial charge in [-0.15, -0.1) is 0 Å². The first-order valence-electron chi connectivity index (χ1n) is 5.69. The molecule has 1 aromatic carbocycles. The largest absolute Gasteiger partial charge is 0.492 e. The van der Waals surface area contributed by atoms with E-state index >= 15 is 0 Å². The van der Waals surface area contributed by atoms with Crippen molar-refractivity contribution in [3.63, 3.8) is 0 Å². The van der Waals surface area contributed by atoms with Crippen molar-refractivity contribution in [3.05, 3.63) is 57.3 Å². The summed E-state index contributed by atoms with van der Waals surface area (Å²) in [6.45, 7) is 2.41. The van der Waals surface area contributed by atoms with Crippen LogP contribution in [0.25, 0.3) is 0 Å². The van der Waals surface area contributed by atoms with E-state index < -0.39 is 0 Å². The lowest BCUT2D eigenvalue weighted by molar-refractivity contribution is 0.103. The number of pyridine rings is 1. The number of benzene rings is 1. The molecule has 0 aliphatic heterocycles. The Bertz CT molecular complexity index is 616. The fourth-order valence-electron chi connectivity index (χ4n) is 1.59. The SMILES string of the molecule is CCOc1cncc(C(=O)c2ccc(Br)c(Cl)c2)c1. The molecule has 0 aliphatic rings. The standard InChI is InChI=1S/C14H11BrClNO2/c1-2-19-11-5-10(7-17-8-11)14(18)9-3-4-12(15)13(16)6-9/h3-8H,2H2,1H3. The molecule has 0 aliphatic carbocycles. The van der Waals surface area contributed by atoms with Gasteiger partial charge in [0.05, 0.1) is 17.8 Å². The van der Waals surface area contributed by atoms with Crippen LogP contribution in [0.4, 0.5) is 0 Å². The molecule has 0 saturated heterocycles. The maximum atomic E-state index is 12.3. The first-order valence-corrected chi connectivity index (χ1v) is 6.86. The highest BCUT2D eigenvalue weighted by molar-refractivity contribution is 9.10. The van der Waals surface area contributed by atoms with Crippen LogP contribution in [-0.4, -0.2) is 17.4 Å². The number of aromatic nitrogens is 1. The van der Waals surface area contributed by atoms with Gasteiger partial charge in [-0.2, -0.15) is 0 Å². The number of halogens is 2. The molecule has 98 valence electrons. The van der Waals surface area contributed by atoms with Crippen LogP contribution in [0.5, 0.6) is 5.75 Å². The van der Waals surface area contributed by atoms with Crippen molar-refractivity contribution in [3.8, 4) is 5.75 Å². The van der Waals surface area contributed by atoms with Gasteiger partial charge in [-0.3, -0.25) is 9.78 Å². The molecule has 0 bridgehead atoms. The monoisotopic (exact) mass is 339 g/mol. The van der Waals surface area contributed by atoms with Crippen LogP contribution in [0.15, 0.2) is 41.1 Å². The molecule has 5 heteroatoms. The number of ketones is 1. The summed E-state index contributed by atoms with van der Waals surface area (Å²) in [5.41, 5.74) is 0.994. The van der Waals surface area contributed by atoms with Crippen molar-refractivity contribution in [2.75, 3.05) is 6.61 Å². The van der Waals surface area contributed by atoms with Crippen molar-refractivity contribution in [2.45, 2.75) is 6.92 Å². The van der Waals surface area contributed by atoms with Crippen LogP contribution in [0, 0.1) is 0 Å². The van der Waals surface area contributed by atoms with E-state index in [4.69, 9.17) is 16.3 Å². The first kappa shape index (κ1) is 14.0. The highest BCUT2D eigenvalue weighted by atomic mass is 79.9. The van der Waals surface area contributed by atoms with Gasteiger partial charge in [0.2, 0.25) is 0 Å². The molecule has 0 unspecified atom stereocenters. The van der Waals surface area contributed by atoms with Gasteiger partial charge >= 0.3 is 0 Å². The Morgan fingerprint density at radius 2 is 2.11 bits per heavy atom.